The number of rotatable bonds is 1. The summed E-state index contributed by atoms with van der Waals surface area (Å²) in [5.41, 5.74) is -2.12. The zero-order valence-electron chi connectivity index (χ0n) is 18.8. The Morgan fingerprint density at radius 2 is 1.97 bits per heavy atom. The summed E-state index contributed by atoms with van der Waals surface area (Å²) in [7, 11) is -4.15. The van der Waals surface area contributed by atoms with Crippen LogP contribution in [0.3, 0.4) is 0 Å². The molecule has 2 atom stereocenters. The monoisotopic (exact) mass is 464 g/mol. The van der Waals surface area contributed by atoms with Crippen LogP contribution in [-0.4, -0.2) is 38.2 Å². The molecule has 2 amide bonds. The van der Waals surface area contributed by atoms with Crippen LogP contribution in [0, 0.1) is 5.92 Å². The van der Waals surface area contributed by atoms with Gasteiger partial charge in [-0.15, -0.1) is 0 Å². The fourth-order valence-corrected chi connectivity index (χ4v) is 4.71. The van der Waals surface area contributed by atoms with Crippen molar-refractivity contribution in [3.63, 3.8) is 0 Å². The van der Waals surface area contributed by atoms with Crippen molar-refractivity contribution < 1.29 is 27.5 Å². The molecule has 1 heterocycles. The van der Waals surface area contributed by atoms with Gasteiger partial charge in [0.15, 0.2) is 0 Å². The largest absolute Gasteiger partial charge is 0.494 e. The van der Waals surface area contributed by atoms with Gasteiger partial charge in [0.25, 0.3) is 15.9 Å². The van der Waals surface area contributed by atoms with Crippen LogP contribution >= 0.6 is 0 Å². The average molecular weight is 465 g/mol. The van der Waals surface area contributed by atoms with E-state index in [4.69, 9.17) is 9.47 Å². The van der Waals surface area contributed by atoms with E-state index >= 15 is 0 Å². The molecule has 0 spiro atoms. The molecule has 0 radical (unpaired) electrons. The first kappa shape index (κ1) is 24.1. The molecular formula is C23H32N2O6S. The summed E-state index contributed by atoms with van der Waals surface area (Å²) in [4.78, 5) is 25.4. The number of benzene rings is 1. The third kappa shape index (κ3) is 6.25. The van der Waals surface area contributed by atoms with E-state index < -0.39 is 33.2 Å². The highest BCUT2D eigenvalue weighted by Crippen LogP contribution is 2.45. The molecular weight excluding hydrogens is 432 g/mol. The van der Waals surface area contributed by atoms with Crippen molar-refractivity contribution in [3.05, 3.63) is 36.4 Å². The second kappa shape index (κ2) is 9.52. The van der Waals surface area contributed by atoms with Crippen LogP contribution in [0.15, 0.2) is 41.3 Å². The van der Waals surface area contributed by atoms with Gasteiger partial charge in [-0.1, -0.05) is 31.1 Å². The van der Waals surface area contributed by atoms with Gasteiger partial charge in [0.05, 0.1) is 11.5 Å². The minimum absolute atomic E-state index is 0.0761. The van der Waals surface area contributed by atoms with Crippen LogP contribution in [0.4, 0.5) is 4.79 Å². The maximum absolute atomic E-state index is 13.1. The molecule has 1 aromatic rings. The number of sulfonamides is 1. The normalized spacial score (nSPS) is 26.0. The summed E-state index contributed by atoms with van der Waals surface area (Å²) in [5, 5.41) is 2.62. The molecule has 1 saturated carbocycles. The van der Waals surface area contributed by atoms with Gasteiger partial charge in [0.1, 0.15) is 16.9 Å². The Kier molecular flexibility index (Phi) is 7.17. The highest BCUT2D eigenvalue weighted by Gasteiger charge is 2.61. The molecule has 176 valence electrons. The minimum Gasteiger partial charge on any atom is -0.494 e. The SMILES string of the molecule is CC(C)(C)OC(=O)N[C@]12C[C@H]1C=CCCCCCCOc1cccc(c1)S(=O)(=O)NC2=O. The Morgan fingerprint density at radius 1 is 1.22 bits per heavy atom. The van der Waals surface area contributed by atoms with E-state index in [0.29, 0.717) is 18.8 Å². The number of amides is 2. The first-order valence-corrected chi connectivity index (χ1v) is 12.5. The molecule has 0 aromatic heterocycles. The van der Waals surface area contributed by atoms with Crippen molar-refractivity contribution in [1.82, 2.24) is 10.0 Å². The first-order valence-electron chi connectivity index (χ1n) is 11.0. The number of nitrogens with one attached hydrogen (secondary N) is 2. The fraction of sp³-hybridized carbons (Fsp3) is 0.565. The molecule has 8 nitrogen and oxygen atoms in total. The molecule has 9 heteroatoms. The van der Waals surface area contributed by atoms with Gasteiger partial charge in [-0.3, -0.25) is 4.79 Å². The van der Waals surface area contributed by atoms with Crippen LogP contribution in [0.25, 0.3) is 0 Å². The molecule has 1 aromatic carbocycles. The average Bonchev–Trinajstić information content (AvgIpc) is 3.38. The molecule has 1 fully saturated rings. The summed E-state index contributed by atoms with van der Waals surface area (Å²) >= 11 is 0. The lowest BCUT2D eigenvalue weighted by Gasteiger charge is -2.23. The van der Waals surface area contributed by atoms with E-state index in [9.17, 15) is 18.0 Å². The van der Waals surface area contributed by atoms with E-state index in [1.165, 1.54) is 12.1 Å². The summed E-state index contributed by atoms with van der Waals surface area (Å²) in [6.45, 7) is 5.65. The number of fused-ring (bicyclic) bond motifs is 3. The van der Waals surface area contributed by atoms with Gasteiger partial charge in [-0.25, -0.2) is 17.9 Å². The van der Waals surface area contributed by atoms with Crippen LogP contribution in [0.2, 0.25) is 0 Å². The van der Waals surface area contributed by atoms with Crippen molar-refractivity contribution in [2.24, 2.45) is 5.92 Å². The summed E-state index contributed by atoms with van der Waals surface area (Å²) in [6, 6.07) is 6.04. The number of ether oxygens (including phenoxy) is 2. The summed E-state index contributed by atoms with van der Waals surface area (Å²) in [6.07, 6.45) is 8.20. The van der Waals surface area contributed by atoms with Gasteiger partial charge in [-0.2, -0.15) is 0 Å². The van der Waals surface area contributed by atoms with Gasteiger partial charge in [-0.05, 0) is 58.6 Å². The molecule has 2 bridgehead atoms. The number of carbonyl (C=O) groups is 2. The third-order valence-corrected chi connectivity index (χ3v) is 6.72. The molecule has 3 rings (SSSR count). The highest BCUT2D eigenvalue weighted by atomic mass is 32.2. The predicted octanol–water partition coefficient (Wildman–Crippen LogP) is 3.67. The lowest BCUT2D eigenvalue weighted by atomic mass is 10.1. The summed E-state index contributed by atoms with van der Waals surface area (Å²) < 4.78 is 38.9. The number of hydrogen-bond acceptors (Lipinski definition) is 6. The molecule has 1 aliphatic carbocycles. The van der Waals surface area contributed by atoms with E-state index in [1.54, 1.807) is 32.9 Å². The smallest absolute Gasteiger partial charge is 0.408 e. The van der Waals surface area contributed by atoms with Gasteiger partial charge in [0, 0.05) is 12.0 Å². The lowest BCUT2D eigenvalue weighted by molar-refractivity contribution is -0.122. The zero-order valence-corrected chi connectivity index (χ0v) is 19.7. The van der Waals surface area contributed by atoms with Crippen molar-refractivity contribution in [2.75, 3.05) is 6.61 Å². The van der Waals surface area contributed by atoms with Gasteiger partial charge >= 0.3 is 6.09 Å². The molecule has 0 unspecified atom stereocenters. The maximum atomic E-state index is 13.1. The van der Waals surface area contributed by atoms with Crippen LogP contribution in [0.5, 0.6) is 5.75 Å². The van der Waals surface area contributed by atoms with E-state index in [-0.39, 0.29) is 10.8 Å². The van der Waals surface area contributed by atoms with Gasteiger partial charge in [0.2, 0.25) is 0 Å². The molecule has 1 aliphatic heterocycles. The minimum atomic E-state index is -4.15. The van der Waals surface area contributed by atoms with E-state index in [0.717, 1.165) is 32.1 Å². The van der Waals surface area contributed by atoms with Gasteiger partial charge < -0.3 is 14.8 Å². The van der Waals surface area contributed by atoms with Crippen molar-refractivity contribution in [2.45, 2.75) is 75.3 Å². The molecule has 2 N–H and O–H groups in total. The fourth-order valence-electron chi connectivity index (χ4n) is 3.64. The van der Waals surface area contributed by atoms with Crippen LogP contribution in [0.1, 0.15) is 59.3 Å². The Morgan fingerprint density at radius 3 is 2.72 bits per heavy atom. The maximum Gasteiger partial charge on any atom is 0.408 e. The lowest BCUT2D eigenvalue weighted by Crippen LogP contribution is -2.52. The predicted molar refractivity (Wildman–Crippen MR) is 120 cm³/mol. The number of allylic oxidation sites excluding steroid dienone is 1. The standard InChI is InChI=1S/C23H32N2O6S/c1-22(2,3)31-21(27)24-23-16-17(23)11-8-6-4-5-7-9-14-30-18-12-10-13-19(15-18)32(28,29)25-20(23)26/h8,10-13,15,17H,4-7,9,14,16H2,1-3H3,(H,24,27)(H,25,26)/t17-,23-/m1/s1. The summed E-state index contributed by atoms with van der Waals surface area (Å²) in [5.74, 6) is -0.665. The van der Waals surface area contributed by atoms with E-state index in [1.807, 2.05) is 12.2 Å². The molecule has 0 saturated heterocycles. The Balaban J connectivity index is 1.86. The van der Waals surface area contributed by atoms with Crippen molar-refractivity contribution in [1.29, 1.82) is 0 Å². The zero-order chi connectivity index (χ0) is 23.4. The molecule has 2 aliphatic rings. The molecule has 32 heavy (non-hydrogen) atoms. The van der Waals surface area contributed by atoms with Crippen LogP contribution < -0.4 is 14.8 Å². The Bertz CT molecular complexity index is 982. The van der Waals surface area contributed by atoms with Crippen molar-refractivity contribution >= 4 is 22.0 Å². The highest BCUT2D eigenvalue weighted by molar-refractivity contribution is 7.90. The van der Waals surface area contributed by atoms with Crippen LogP contribution in [-0.2, 0) is 19.6 Å². The topological polar surface area (TPSA) is 111 Å². The number of alkyl carbamates (subject to hydrolysis) is 1. The number of hydrogen-bond donors (Lipinski definition) is 2. The second-order valence-electron chi connectivity index (χ2n) is 9.30. The number of carbonyl (C=O) groups excluding carboxylic acids is 2. The Hall–Kier alpha value is -2.55. The second-order valence-corrected chi connectivity index (χ2v) is 11.0. The third-order valence-electron chi connectivity index (χ3n) is 5.39. The van der Waals surface area contributed by atoms with Crippen molar-refractivity contribution in [3.8, 4) is 5.75 Å². The Labute approximate surface area is 189 Å². The quantitative estimate of drug-likeness (QED) is 0.614. The van der Waals surface area contributed by atoms with E-state index in [2.05, 4.69) is 10.0 Å². The first-order chi connectivity index (χ1) is 15.0.